The first-order chi connectivity index (χ1) is 7.63. The number of hydrogen-bond donors (Lipinski definition) is 1. The van der Waals surface area contributed by atoms with E-state index in [1.807, 2.05) is 13.2 Å². The average Bonchev–Trinajstić information content (AvgIpc) is 2.73. The van der Waals surface area contributed by atoms with E-state index in [4.69, 9.17) is 5.73 Å². The minimum Gasteiger partial charge on any atom is -0.385 e. The summed E-state index contributed by atoms with van der Waals surface area (Å²) in [5.41, 5.74) is 6.61. The van der Waals surface area contributed by atoms with E-state index in [9.17, 15) is 4.79 Å². The number of carbonyl (C=O) groups is 1. The Morgan fingerprint density at radius 3 is 3.00 bits per heavy atom. The van der Waals surface area contributed by atoms with Crippen molar-refractivity contribution in [3.8, 4) is 0 Å². The van der Waals surface area contributed by atoms with Gasteiger partial charge in [0, 0.05) is 25.4 Å². The van der Waals surface area contributed by atoms with Gasteiger partial charge in [0.1, 0.15) is 11.9 Å². The second-order valence-corrected chi connectivity index (χ2v) is 3.61. The number of aromatic nitrogens is 2. The van der Waals surface area contributed by atoms with Crippen molar-refractivity contribution in [2.45, 2.75) is 6.04 Å². The summed E-state index contributed by atoms with van der Waals surface area (Å²) in [4.78, 5) is 16.9. The zero-order valence-electron chi connectivity index (χ0n) is 9.00. The molecule has 1 atom stereocenters. The van der Waals surface area contributed by atoms with Crippen LogP contribution in [0.15, 0.2) is 30.0 Å². The van der Waals surface area contributed by atoms with Crippen molar-refractivity contribution < 1.29 is 4.79 Å². The zero-order valence-corrected chi connectivity index (χ0v) is 9.00. The summed E-state index contributed by atoms with van der Waals surface area (Å²) in [7, 11) is 1.81. The predicted molar refractivity (Wildman–Crippen MR) is 59.9 cm³/mol. The standard InChI is InChI=1S/C10H13N5O/c1-3-4-15-8(9(11)13-10(15)16)7-5-12-14(2)6-7/h3,5-6,8H,1,4H2,2H3,(H2,11,13,16). The number of nitrogens with zero attached hydrogens (tertiary/aromatic N) is 4. The fraction of sp³-hybridized carbons (Fsp3) is 0.300. The number of amidine groups is 1. The van der Waals surface area contributed by atoms with E-state index in [1.54, 1.807) is 21.9 Å². The molecule has 0 fully saturated rings. The van der Waals surface area contributed by atoms with E-state index in [-0.39, 0.29) is 12.1 Å². The number of amides is 2. The predicted octanol–water partition coefficient (Wildman–Crippen LogP) is 0.440. The summed E-state index contributed by atoms with van der Waals surface area (Å²) in [6.07, 6.45) is 5.15. The van der Waals surface area contributed by atoms with Gasteiger partial charge in [-0.2, -0.15) is 10.1 Å². The van der Waals surface area contributed by atoms with E-state index < -0.39 is 0 Å². The molecule has 6 nitrogen and oxygen atoms in total. The molecule has 0 aliphatic carbocycles. The zero-order chi connectivity index (χ0) is 11.7. The lowest BCUT2D eigenvalue weighted by molar-refractivity contribution is 0.213. The van der Waals surface area contributed by atoms with Crippen molar-refractivity contribution in [2.24, 2.45) is 17.8 Å². The van der Waals surface area contributed by atoms with E-state index in [1.165, 1.54) is 0 Å². The molecule has 84 valence electrons. The van der Waals surface area contributed by atoms with Crippen molar-refractivity contribution in [1.29, 1.82) is 0 Å². The van der Waals surface area contributed by atoms with Gasteiger partial charge in [0.2, 0.25) is 0 Å². The average molecular weight is 219 g/mol. The van der Waals surface area contributed by atoms with Crippen LogP contribution >= 0.6 is 0 Å². The first kappa shape index (κ1) is 10.4. The van der Waals surface area contributed by atoms with Crippen molar-refractivity contribution in [3.05, 3.63) is 30.6 Å². The highest BCUT2D eigenvalue weighted by molar-refractivity contribution is 6.03. The van der Waals surface area contributed by atoms with E-state index >= 15 is 0 Å². The second kappa shape index (κ2) is 3.80. The third-order valence-corrected chi connectivity index (χ3v) is 2.43. The van der Waals surface area contributed by atoms with Crippen LogP contribution in [-0.4, -0.2) is 33.1 Å². The molecule has 1 aliphatic heterocycles. The first-order valence-electron chi connectivity index (χ1n) is 4.87. The summed E-state index contributed by atoms with van der Waals surface area (Å²) in [6.45, 7) is 4.03. The minimum absolute atomic E-state index is 0.305. The molecule has 6 heteroatoms. The lowest BCUT2D eigenvalue weighted by atomic mass is 10.1. The van der Waals surface area contributed by atoms with Crippen LogP contribution in [0.4, 0.5) is 4.79 Å². The summed E-state index contributed by atoms with van der Waals surface area (Å²) in [5, 5.41) is 4.06. The van der Waals surface area contributed by atoms with Crippen molar-refractivity contribution in [1.82, 2.24) is 14.7 Å². The van der Waals surface area contributed by atoms with Crippen LogP contribution in [0.3, 0.4) is 0 Å². The fourth-order valence-electron chi connectivity index (χ4n) is 1.76. The molecule has 0 saturated heterocycles. The van der Waals surface area contributed by atoms with Crippen LogP contribution in [-0.2, 0) is 7.05 Å². The third kappa shape index (κ3) is 1.58. The number of hydrogen-bond acceptors (Lipinski definition) is 3. The normalized spacial score (nSPS) is 20.1. The first-order valence-corrected chi connectivity index (χ1v) is 4.87. The Hall–Kier alpha value is -2.11. The SMILES string of the molecule is C=CCN1C(=O)N=C(N)C1c1cnn(C)c1. The van der Waals surface area contributed by atoms with Gasteiger partial charge in [-0.1, -0.05) is 6.08 Å². The Labute approximate surface area is 93.1 Å². The largest absolute Gasteiger partial charge is 0.385 e. The van der Waals surface area contributed by atoms with Crippen LogP contribution in [0.5, 0.6) is 0 Å². The Balaban J connectivity index is 2.34. The Bertz CT molecular complexity index is 462. The molecule has 1 aliphatic rings. The van der Waals surface area contributed by atoms with Crippen molar-refractivity contribution in [2.75, 3.05) is 6.54 Å². The molecule has 2 amide bonds. The maximum Gasteiger partial charge on any atom is 0.346 e. The molecule has 2 rings (SSSR count). The van der Waals surface area contributed by atoms with Gasteiger partial charge in [0.25, 0.3) is 0 Å². The van der Waals surface area contributed by atoms with Gasteiger partial charge in [0.15, 0.2) is 0 Å². The lowest BCUT2D eigenvalue weighted by Gasteiger charge is -2.21. The molecule has 1 aromatic heterocycles. The van der Waals surface area contributed by atoms with Crippen LogP contribution in [0.1, 0.15) is 11.6 Å². The summed E-state index contributed by atoms with van der Waals surface area (Å²) in [6, 6.07) is -0.648. The lowest BCUT2D eigenvalue weighted by Crippen LogP contribution is -2.33. The molecule has 1 unspecified atom stereocenters. The molecule has 2 N–H and O–H groups in total. The summed E-state index contributed by atoms with van der Waals surface area (Å²) >= 11 is 0. The highest BCUT2D eigenvalue weighted by Gasteiger charge is 2.34. The Morgan fingerprint density at radius 1 is 1.69 bits per heavy atom. The van der Waals surface area contributed by atoms with Crippen LogP contribution in [0.25, 0.3) is 0 Å². The molecular weight excluding hydrogens is 206 g/mol. The number of aliphatic imine (C=N–C) groups is 1. The summed E-state index contributed by atoms with van der Waals surface area (Å²) in [5.74, 6) is 0.305. The maximum absolute atomic E-state index is 11.5. The fourth-order valence-corrected chi connectivity index (χ4v) is 1.76. The number of aryl methyl sites for hydroxylation is 1. The Morgan fingerprint density at radius 2 is 2.44 bits per heavy atom. The highest BCUT2D eigenvalue weighted by Crippen LogP contribution is 2.25. The molecule has 0 spiro atoms. The van der Waals surface area contributed by atoms with Gasteiger partial charge < -0.3 is 10.6 Å². The van der Waals surface area contributed by atoms with Crippen LogP contribution < -0.4 is 5.73 Å². The molecule has 0 radical (unpaired) electrons. The monoisotopic (exact) mass is 219 g/mol. The van der Waals surface area contributed by atoms with Crippen LogP contribution in [0, 0.1) is 0 Å². The molecule has 0 bridgehead atoms. The third-order valence-electron chi connectivity index (χ3n) is 2.43. The van der Waals surface area contributed by atoms with Crippen LogP contribution in [0.2, 0.25) is 0 Å². The topological polar surface area (TPSA) is 76.5 Å². The molecule has 2 heterocycles. The van der Waals surface area contributed by atoms with Gasteiger partial charge >= 0.3 is 6.03 Å². The smallest absolute Gasteiger partial charge is 0.346 e. The maximum atomic E-state index is 11.5. The van der Waals surface area contributed by atoms with E-state index in [2.05, 4.69) is 16.7 Å². The van der Waals surface area contributed by atoms with Gasteiger partial charge in [-0.25, -0.2) is 4.79 Å². The number of nitrogens with two attached hydrogens (primary N) is 1. The number of carbonyl (C=O) groups excluding carboxylic acids is 1. The number of urea groups is 1. The van der Waals surface area contributed by atoms with Gasteiger partial charge in [0.05, 0.1) is 6.20 Å². The molecular formula is C10H13N5O. The van der Waals surface area contributed by atoms with Gasteiger partial charge in [-0.05, 0) is 0 Å². The van der Waals surface area contributed by atoms with Gasteiger partial charge in [-0.3, -0.25) is 4.68 Å². The number of rotatable bonds is 3. The highest BCUT2D eigenvalue weighted by atomic mass is 16.2. The van der Waals surface area contributed by atoms with E-state index in [0.29, 0.717) is 12.4 Å². The molecule has 0 aromatic carbocycles. The minimum atomic E-state index is -0.328. The Kier molecular flexibility index (Phi) is 2.47. The van der Waals surface area contributed by atoms with Crippen molar-refractivity contribution >= 4 is 11.9 Å². The summed E-state index contributed by atoms with van der Waals surface area (Å²) < 4.78 is 1.66. The molecule has 1 aromatic rings. The van der Waals surface area contributed by atoms with Gasteiger partial charge in [-0.15, -0.1) is 6.58 Å². The molecule has 16 heavy (non-hydrogen) atoms. The van der Waals surface area contributed by atoms with Crippen molar-refractivity contribution in [3.63, 3.8) is 0 Å². The quantitative estimate of drug-likeness (QED) is 0.749. The molecule has 0 saturated carbocycles. The second-order valence-electron chi connectivity index (χ2n) is 3.61. The van der Waals surface area contributed by atoms with E-state index in [0.717, 1.165) is 5.56 Å².